The number of nitrogens with zero attached hydrogens (tertiary/aromatic N) is 4. The Labute approximate surface area is 246 Å². The first kappa shape index (κ1) is 32.1. The molecule has 1 saturated heterocycles. The maximum absolute atomic E-state index is 14.3. The lowest BCUT2D eigenvalue weighted by Crippen LogP contribution is -2.52. The van der Waals surface area contributed by atoms with Gasteiger partial charge in [0.2, 0.25) is 11.8 Å². The van der Waals surface area contributed by atoms with Gasteiger partial charge in [0.1, 0.15) is 12.1 Å². The number of carbonyl (C=O) groups is 2. The summed E-state index contributed by atoms with van der Waals surface area (Å²) in [7, 11) is 0. The van der Waals surface area contributed by atoms with Crippen molar-refractivity contribution in [3.8, 4) is 6.19 Å². The summed E-state index contributed by atoms with van der Waals surface area (Å²) < 4.78 is 70.6. The number of nitrogens with one attached hydrogen (secondary N) is 1. The fourth-order valence-corrected chi connectivity index (χ4v) is 5.59. The number of β-amino-alcohol motifs (C(OH)–C–C–N with tert-alkyl or cyclic N) is 1. The van der Waals surface area contributed by atoms with Crippen LogP contribution in [0.25, 0.3) is 0 Å². The molecule has 2 aliphatic rings. The van der Waals surface area contributed by atoms with Crippen molar-refractivity contribution < 1.29 is 36.6 Å². The zero-order chi connectivity index (χ0) is 31.7. The molecular formula is C30H34F5N5O3. The molecule has 0 radical (unpaired) electrons. The van der Waals surface area contributed by atoms with Gasteiger partial charge in [-0.2, -0.15) is 18.4 Å². The molecule has 2 aromatic rings. The number of amides is 2. The van der Waals surface area contributed by atoms with Crippen molar-refractivity contribution >= 4 is 17.5 Å². The lowest BCUT2D eigenvalue weighted by Gasteiger charge is -2.37. The number of benzene rings is 1. The SMILES string of the molecule is CC(C)(C)c1ccc(N(C(=O)C2CC(O)CN2C#N)C(C(=O)NC2CCC(F)(F)CC2)c2cnccc2C(F)(F)F)cc1. The molecule has 2 fully saturated rings. The highest BCUT2D eigenvalue weighted by Crippen LogP contribution is 2.40. The van der Waals surface area contributed by atoms with E-state index in [1.54, 1.807) is 12.1 Å². The predicted octanol–water partition coefficient (Wildman–Crippen LogP) is 5.08. The summed E-state index contributed by atoms with van der Waals surface area (Å²) in [6.45, 7) is 5.68. The number of hydrogen-bond acceptors (Lipinski definition) is 6. The third-order valence-electron chi connectivity index (χ3n) is 7.96. The van der Waals surface area contributed by atoms with Gasteiger partial charge in [0.15, 0.2) is 6.19 Å². The lowest BCUT2D eigenvalue weighted by molar-refractivity contribution is -0.139. The molecule has 1 aliphatic carbocycles. The molecule has 1 aromatic heterocycles. The Kier molecular flexibility index (Phi) is 9.02. The molecule has 2 N–H and O–H groups in total. The van der Waals surface area contributed by atoms with Crippen LogP contribution in [0.5, 0.6) is 0 Å². The largest absolute Gasteiger partial charge is 0.416 e. The molecule has 4 rings (SSSR count). The summed E-state index contributed by atoms with van der Waals surface area (Å²) in [5, 5.41) is 22.5. The van der Waals surface area contributed by atoms with Crippen molar-refractivity contribution in [1.82, 2.24) is 15.2 Å². The fraction of sp³-hybridized carbons (Fsp3) is 0.533. The van der Waals surface area contributed by atoms with Crippen molar-refractivity contribution in [3.05, 3.63) is 59.4 Å². The van der Waals surface area contributed by atoms with Gasteiger partial charge in [-0.3, -0.25) is 24.4 Å². The standard InChI is InChI=1S/C30H34F5N5O3/c1-28(2,3)18-4-6-20(7-5-18)40(27(43)24-14-21(41)16-39(24)17-36)25(22-15-37-13-10-23(22)30(33,34)35)26(42)38-19-8-11-29(31,32)12-9-19/h4-7,10,13,15,19,21,24-25,41H,8-9,11-12,14,16H2,1-3H3,(H,38,42). The number of halogens is 5. The Hall–Kier alpha value is -3.79. The molecule has 0 bridgehead atoms. The summed E-state index contributed by atoms with van der Waals surface area (Å²) in [6, 6.07) is 3.13. The minimum absolute atomic E-state index is 0.0737. The van der Waals surface area contributed by atoms with Crippen LogP contribution in [0, 0.1) is 11.5 Å². The van der Waals surface area contributed by atoms with Crippen LogP contribution >= 0.6 is 0 Å². The second-order valence-electron chi connectivity index (χ2n) is 12.2. The van der Waals surface area contributed by atoms with Gasteiger partial charge < -0.3 is 10.4 Å². The lowest BCUT2D eigenvalue weighted by atomic mass is 9.87. The van der Waals surface area contributed by atoms with Crippen LogP contribution in [0.1, 0.15) is 75.6 Å². The van der Waals surface area contributed by atoms with Crippen LogP contribution in [0.3, 0.4) is 0 Å². The Morgan fingerprint density at radius 2 is 1.77 bits per heavy atom. The third-order valence-corrected chi connectivity index (χ3v) is 7.96. The summed E-state index contributed by atoms with van der Waals surface area (Å²) in [5.74, 6) is -4.80. The number of hydrogen-bond donors (Lipinski definition) is 2. The van der Waals surface area contributed by atoms with Crippen molar-refractivity contribution in [1.29, 1.82) is 5.26 Å². The van der Waals surface area contributed by atoms with E-state index in [-0.39, 0.29) is 36.9 Å². The molecule has 8 nitrogen and oxygen atoms in total. The molecule has 3 atom stereocenters. The van der Waals surface area contributed by atoms with E-state index in [1.165, 1.54) is 12.1 Å². The average Bonchev–Trinajstić information content (AvgIpc) is 3.32. The molecular weight excluding hydrogens is 573 g/mol. The molecule has 1 aliphatic heterocycles. The second kappa shape index (κ2) is 12.1. The van der Waals surface area contributed by atoms with Crippen LogP contribution in [0.15, 0.2) is 42.7 Å². The maximum atomic E-state index is 14.3. The van der Waals surface area contributed by atoms with E-state index in [4.69, 9.17) is 0 Å². The van der Waals surface area contributed by atoms with Gasteiger partial charge in [-0.05, 0) is 42.0 Å². The first-order chi connectivity index (χ1) is 20.0. The molecule has 1 saturated carbocycles. The van der Waals surface area contributed by atoms with Crippen molar-refractivity contribution in [2.75, 3.05) is 11.4 Å². The smallest absolute Gasteiger partial charge is 0.391 e. The molecule has 13 heteroatoms. The minimum atomic E-state index is -4.93. The third kappa shape index (κ3) is 7.24. The van der Waals surface area contributed by atoms with Gasteiger partial charge in [0.25, 0.3) is 5.91 Å². The van der Waals surface area contributed by atoms with Crippen LogP contribution in [0.4, 0.5) is 27.6 Å². The van der Waals surface area contributed by atoms with Crippen LogP contribution < -0.4 is 10.2 Å². The topological polar surface area (TPSA) is 110 Å². The van der Waals surface area contributed by atoms with Crippen LogP contribution in [0.2, 0.25) is 0 Å². The Morgan fingerprint density at radius 1 is 1.14 bits per heavy atom. The molecule has 232 valence electrons. The highest BCUT2D eigenvalue weighted by molar-refractivity contribution is 6.04. The Bertz CT molecular complexity index is 1360. The Balaban J connectivity index is 1.87. The van der Waals surface area contributed by atoms with Crippen molar-refractivity contribution in [3.63, 3.8) is 0 Å². The van der Waals surface area contributed by atoms with Gasteiger partial charge in [0.05, 0.1) is 18.2 Å². The van der Waals surface area contributed by atoms with Gasteiger partial charge in [-0.25, -0.2) is 8.78 Å². The number of aliphatic hydroxyl groups is 1. The van der Waals surface area contributed by atoms with E-state index in [1.807, 2.05) is 27.0 Å². The number of pyridine rings is 1. The summed E-state index contributed by atoms with van der Waals surface area (Å²) in [6.07, 6.45) is -3.77. The maximum Gasteiger partial charge on any atom is 0.416 e. The number of aromatic nitrogens is 1. The summed E-state index contributed by atoms with van der Waals surface area (Å²) in [5.41, 5.74) is -1.22. The Morgan fingerprint density at radius 3 is 2.33 bits per heavy atom. The van der Waals surface area contributed by atoms with Crippen molar-refractivity contribution in [2.45, 2.75) is 94.6 Å². The summed E-state index contributed by atoms with van der Waals surface area (Å²) >= 11 is 0. The molecule has 2 amide bonds. The van der Waals surface area contributed by atoms with Gasteiger partial charge in [-0.15, -0.1) is 0 Å². The van der Waals surface area contributed by atoms with E-state index in [0.29, 0.717) is 6.07 Å². The van der Waals surface area contributed by atoms with Crippen molar-refractivity contribution in [2.24, 2.45) is 0 Å². The number of nitriles is 1. The number of carbonyl (C=O) groups excluding carboxylic acids is 2. The monoisotopic (exact) mass is 607 g/mol. The van der Waals surface area contributed by atoms with E-state index in [2.05, 4.69) is 10.3 Å². The van der Waals surface area contributed by atoms with Gasteiger partial charge >= 0.3 is 6.18 Å². The normalized spacial score (nSPS) is 21.6. The zero-order valence-electron chi connectivity index (χ0n) is 24.0. The quantitative estimate of drug-likeness (QED) is 0.350. The highest BCUT2D eigenvalue weighted by Gasteiger charge is 2.46. The van der Waals surface area contributed by atoms with E-state index < -0.39 is 72.1 Å². The molecule has 3 unspecified atom stereocenters. The average molecular weight is 608 g/mol. The van der Waals surface area contributed by atoms with Crippen LogP contribution in [-0.4, -0.2) is 57.5 Å². The number of likely N-dealkylation sites (tertiary alicyclic amines) is 1. The molecule has 43 heavy (non-hydrogen) atoms. The molecule has 2 heterocycles. The zero-order valence-corrected chi connectivity index (χ0v) is 24.0. The predicted molar refractivity (Wildman–Crippen MR) is 147 cm³/mol. The first-order valence-electron chi connectivity index (χ1n) is 14.0. The molecule has 1 aromatic carbocycles. The van der Waals surface area contributed by atoms with Gasteiger partial charge in [0, 0.05) is 48.9 Å². The second-order valence-corrected chi connectivity index (χ2v) is 12.2. The van der Waals surface area contributed by atoms with Gasteiger partial charge in [-0.1, -0.05) is 32.9 Å². The number of aliphatic hydroxyl groups excluding tert-OH is 1. The fourth-order valence-electron chi connectivity index (χ4n) is 5.59. The first-order valence-corrected chi connectivity index (χ1v) is 14.0. The number of anilines is 1. The van der Waals surface area contributed by atoms with E-state index in [9.17, 15) is 41.9 Å². The van der Waals surface area contributed by atoms with E-state index in [0.717, 1.165) is 27.8 Å². The highest BCUT2D eigenvalue weighted by atomic mass is 19.4. The number of alkyl halides is 5. The van der Waals surface area contributed by atoms with E-state index >= 15 is 0 Å². The summed E-state index contributed by atoms with van der Waals surface area (Å²) in [4.78, 5) is 34.0. The number of rotatable bonds is 6. The molecule has 0 spiro atoms. The minimum Gasteiger partial charge on any atom is -0.391 e. The van der Waals surface area contributed by atoms with Crippen LogP contribution in [-0.2, 0) is 21.2 Å².